The molecule has 0 aliphatic carbocycles. The monoisotopic (exact) mass is 290 g/mol. The normalized spacial score (nSPS) is 10.8. The summed E-state index contributed by atoms with van der Waals surface area (Å²) < 4.78 is 12.8. The second-order valence-electron chi connectivity index (χ2n) is 4.85. The maximum absolute atomic E-state index is 5.88. The Morgan fingerprint density at radius 2 is 2.19 bits per heavy atom. The summed E-state index contributed by atoms with van der Waals surface area (Å²) in [6.45, 7) is 4.58. The highest BCUT2D eigenvalue weighted by Crippen LogP contribution is 2.18. The predicted molar refractivity (Wildman–Crippen MR) is 80.1 cm³/mol. The minimum absolute atomic E-state index is 0.478. The molecule has 114 valence electrons. The molecular formula is C15H22N4O2. The Kier molecular flexibility index (Phi) is 5.71. The molecule has 6 heteroatoms. The van der Waals surface area contributed by atoms with E-state index in [9.17, 15) is 0 Å². The van der Waals surface area contributed by atoms with Crippen LogP contribution in [0.1, 0.15) is 17.1 Å². The molecule has 0 amide bonds. The summed E-state index contributed by atoms with van der Waals surface area (Å²) in [5.41, 5.74) is 2.91. The van der Waals surface area contributed by atoms with E-state index in [1.54, 1.807) is 19.6 Å². The van der Waals surface area contributed by atoms with E-state index in [2.05, 4.69) is 15.3 Å². The summed E-state index contributed by atoms with van der Waals surface area (Å²) in [5.74, 6) is 0.798. The van der Waals surface area contributed by atoms with Gasteiger partial charge in [0.05, 0.1) is 30.5 Å². The van der Waals surface area contributed by atoms with Gasteiger partial charge in [-0.05, 0) is 19.1 Å². The lowest BCUT2D eigenvalue weighted by Crippen LogP contribution is -2.20. The fraction of sp³-hybridized carbons (Fsp3) is 0.467. The summed E-state index contributed by atoms with van der Waals surface area (Å²) in [4.78, 5) is 8.62. The number of nitrogens with zero attached hydrogens (tertiary/aromatic N) is 3. The molecule has 0 bridgehead atoms. The molecule has 1 N–H and O–H groups in total. The van der Waals surface area contributed by atoms with Crippen molar-refractivity contribution in [3.05, 3.63) is 41.7 Å². The van der Waals surface area contributed by atoms with Gasteiger partial charge >= 0.3 is 0 Å². The van der Waals surface area contributed by atoms with E-state index < -0.39 is 0 Å². The largest absolute Gasteiger partial charge is 0.485 e. The highest BCUT2D eigenvalue weighted by molar-refractivity contribution is 5.29. The number of aryl methyl sites for hydroxylation is 2. The molecule has 2 rings (SSSR count). The number of ether oxygens (including phenoxy) is 2. The molecule has 0 saturated heterocycles. The van der Waals surface area contributed by atoms with Crippen LogP contribution in [0.4, 0.5) is 0 Å². The standard InChI is InChI=1S/C15H22N4O2/c1-12-4-5-15(14(18-12)9-16-6-7-20-3)21-10-13-8-17-11-19(13)2/h4-5,8,11,16H,6-7,9-10H2,1-3H3. The summed E-state index contributed by atoms with van der Waals surface area (Å²) >= 11 is 0. The molecule has 0 aliphatic heterocycles. The second kappa shape index (κ2) is 7.75. The first-order valence-corrected chi connectivity index (χ1v) is 6.95. The minimum atomic E-state index is 0.478. The zero-order valence-electron chi connectivity index (χ0n) is 12.8. The molecule has 0 spiro atoms. The molecule has 6 nitrogen and oxygen atoms in total. The van der Waals surface area contributed by atoms with Crippen LogP contribution in [-0.2, 0) is 24.9 Å². The van der Waals surface area contributed by atoms with Crippen molar-refractivity contribution in [2.24, 2.45) is 7.05 Å². The van der Waals surface area contributed by atoms with Crippen molar-refractivity contribution in [3.8, 4) is 5.75 Å². The average Bonchev–Trinajstić information content (AvgIpc) is 2.88. The molecule has 0 aromatic carbocycles. The van der Waals surface area contributed by atoms with E-state index in [0.29, 0.717) is 19.8 Å². The van der Waals surface area contributed by atoms with E-state index in [1.165, 1.54) is 0 Å². The first kappa shape index (κ1) is 15.5. The lowest BCUT2D eigenvalue weighted by Gasteiger charge is -2.12. The van der Waals surface area contributed by atoms with Gasteiger partial charge in [0.25, 0.3) is 0 Å². The molecule has 0 fully saturated rings. The van der Waals surface area contributed by atoms with E-state index in [4.69, 9.17) is 9.47 Å². The van der Waals surface area contributed by atoms with Crippen LogP contribution in [0.5, 0.6) is 5.75 Å². The number of pyridine rings is 1. The first-order chi connectivity index (χ1) is 10.2. The van der Waals surface area contributed by atoms with Crippen LogP contribution in [0.2, 0.25) is 0 Å². The van der Waals surface area contributed by atoms with Gasteiger partial charge in [-0.15, -0.1) is 0 Å². The lowest BCUT2D eigenvalue weighted by molar-refractivity contribution is 0.198. The Bertz CT molecular complexity index is 569. The Hall–Kier alpha value is -1.92. The molecule has 21 heavy (non-hydrogen) atoms. The Balaban J connectivity index is 1.99. The summed E-state index contributed by atoms with van der Waals surface area (Å²) in [6.07, 6.45) is 3.57. The molecule has 2 aromatic heterocycles. The average molecular weight is 290 g/mol. The van der Waals surface area contributed by atoms with Crippen LogP contribution in [0.25, 0.3) is 0 Å². The van der Waals surface area contributed by atoms with E-state index in [0.717, 1.165) is 29.4 Å². The maximum Gasteiger partial charge on any atom is 0.142 e. The van der Waals surface area contributed by atoms with Gasteiger partial charge in [-0.1, -0.05) is 0 Å². The van der Waals surface area contributed by atoms with Gasteiger partial charge in [-0.3, -0.25) is 4.98 Å². The lowest BCUT2D eigenvalue weighted by atomic mass is 10.3. The van der Waals surface area contributed by atoms with E-state index in [1.807, 2.05) is 30.7 Å². The van der Waals surface area contributed by atoms with Crippen LogP contribution < -0.4 is 10.1 Å². The maximum atomic E-state index is 5.88. The van der Waals surface area contributed by atoms with Crippen molar-refractivity contribution in [2.45, 2.75) is 20.1 Å². The smallest absolute Gasteiger partial charge is 0.142 e. The zero-order valence-corrected chi connectivity index (χ0v) is 12.8. The van der Waals surface area contributed by atoms with Crippen molar-refractivity contribution in [3.63, 3.8) is 0 Å². The molecule has 2 heterocycles. The molecule has 0 unspecified atom stereocenters. The van der Waals surface area contributed by atoms with E-state index >= 15 is 0 Å². The van der Waals surface area contributed by atoms with Crippen molar-refractivity contribution in [1.29, 1.82) is 0 Å². The van der Waals surface area contributed by atoms with Crippen molar-refractivity contribution in [2.75, 3.05) is 20.3 Å². The van der Waals surface area contributed by atoms with Gasteiger partial charge < -0.3 is 19.4 Å². The Labute approximate surface area is 125 Å². The van der Waals surface area contributed by atoms with Gasteiger partial charge in [0, 0.05) is 32.9 Å². The first-order valence-electron chi connectivity index (χ1n) is 6.95. The Morgan fingerprint density at radius 1 is 1.33 bits per heavy atom. The van der Waals surface area contributed by atoms with Gasteiger partial charge in [0.1, 0.15) is 12.4 Å². The van der Waals surface area contributed by atoms with Crippen LogP contribution >= 0.6 is 0 Å². The number of hydrogen-bond acceptors (Lipinski definition) is 5. The second-order valence-corrected chi connectivity index (χ2v) is 4.85. The third kappa shape index (κ3) is 4.54. The molecule has 0 radical (unpaired) electrons. The SMILES string of the molecule is COCCNCc1nc(C)ccc1OCc1cncn1C. The van der Waals surface area contributed by atoms with Crippen molar-refractivity contribution in [1.82, 2.24) is 19.9 Å². The van der Waals surface area contributed by atoms with Crippen LogP contribution in [0, 0.1) is 6.92 Å². The highest BCUT2D eigenvalue weighted by atomic mass is 16.5. The van der Waals surface area contributed by atoms with Crippen molar-refractivity contribution >= 4 is 0 Å². The number of hydrogen-bond donors (Lipinski definition) is 1. The van der Waals surface area contributed by atoms with E-state index in [-0.39, 0.29) is 0 Å². The molecular weight excluding hydrogens is 268 g/mol. The highest BCUT2D eigenvalue weighted by Gasteiger charge is 2.07. The number of nitrogens with one attached hydrogen (secondary N) is 1. The fourth-order valence-electron chi connectivity index (χ4n) is 1.91. The topological polar surface area (TPSA) is 61.2 Å². The molecule has 0 atom stereocenters. The molecule has 2 aromatic rings. The van der Waals surface area contributed by atoms with Crippen LogP contribution in [-0.4, -0.2) is 34.8 Å². The predicted octanol–water partition coefficient (Wildman–Crippen LogP) is 1.44. The quantitative estimate of drug-likeness (QED) is 0.745. The molecule has 0 saturated carbocycles. The fourth-order valence-corrected chi connectivity index (χ4v) is 1.91. The van der Waals surface area contributed by atoms with Gasteiger partial charge in [0.15, 0.2) is 0 Å². The van der Waals surface area contributed by atoms with Gasteiger partial charge in [-0.25, -0.2) is 4.98 Å². The van der Waals surface area contributed by atoms with Crippen LogP contribution in [0.15, 0.2) is 24.7 Å². The summed E-state index contributed by atoms with van der Waals surface area (Å²) in [5, 5.41) is 3.29. The minimum Gasteiger partial charge on any atom is -0.485 e. The number of methoxy groups -OCH3 is 1. The number of imidazole rings is 1. The number of aromatic nitrogens is 3. The third-order valence-corrected chi connectivity index (χ3v) is 3.14. The van der Waals surface area contributed by atoms with Crippen LogP contribution in [0.3, 0.4) is 0 Å². The summed E-state index contributed by atoms with van der Waals surface area (Å²) in [6, 6.07) is 3.92. The third-order valence-electron chi connectivity index (χ3n) is 3.14. The van der Waals surface area contributed by atoms with Gasteiger partial charge in [-0.2, -0.15) is 0 Å². The molecule has 0 aliphatic rings. The number of rotatable bonds is 8. The van der Waals surface area contributed by atoms with Gasteiger partial charge in [0.2, 0.25) is 0 Å². The summed E-state index contributed by atoms with van der Waals surface area (Å²) in [7, 11) is 3.64. The zero-order chi connectivity index (χ0) is 15.1. The Morgan fingerprint density at radius 3 is 2.90 bits per heavy atom. The van der Waals surface area contributed by atoms with Crippen molar-refractivity contribution < 1.29 is 9.47 Å².